The zero-order valence-corrected chi connectivity index (χ0v) is 17.7. The van der Waals surface area contributed by atoms with Gasteiger partial charge >= 0.3 is 11.9 Å². The number of carboxylic acids is 2. The minimum absolute atomic E-state index is 0.00359. The van der Waals surface area contributed by atoms with E-state index in [9.17, 15) is 14.7 Å². The number of hydrogen-bond donors (Lipinski definition) is 2. The van der Waals surface area contributed by atoms with Gasteiger partial charge in [-0.2, -0.15) is 0 Å². The number of aromatic carboxylic acids is 1. The quantitative estimate of drug-likeness (QED) is 0.447. The highest BCUT2D eigenvalue weighted by atomic mass is 79.9. The van der Waals surface area contributed by atoms with Crippen LogP contribution in [0.15, 0.2) is 59.1 Å². The van der Waals surface area contributed by atoms with Gasteiger partial charge in [-0.05, 0) is 46.1 Å². The number of halogens is 1. The maximum Gasteiger partial charge on any atom is 0.349 e. The molecule has 0 aliphatic rings. The number of hydrogen-bond acceptors (Lipinski definition) is 5. The van der Waals surface area contributed by atoms with Crippen molar-refractivity contribution in [3.8, 4) is 21.9 Å². The molecule has 1 unspecified atom stereocenters. The Morgan fingerprint density at radius 2 is 1.83 bits per heavy atom. The molecule has 0 amide bonds. The van der Waals surface area contributed by atoms with Crippen molar-refractivity contribution in [1.29, 1.82) is 0 Å². The summed E-state index contributed by atoms with van der Waals surface area (Å²) in [7, 11) is 0. The van der Waals surface area contributed by atoms with Crippen LogP contribution in [-0.2, 0) is 4.79 Å². The molecular weight excluding hydrogens is 460 g/mol. The van der Waals surface area contributed by atoms with Gasteiger partial charge in [0.15, 0.2) is 17.2 Å². The van der Waals surface area contributed by atoms with E-state index in [1.54, 1.807) is 0 Å². The van der Waals surface area contributed by atoms with Gasteiger partial charge in [-0.25, -0.2) is 9.59 Å². The predicted octanol–water partition coefficient (Wildman–Crippen LogP) is 5.48. The van der Waals surface area contributed by atoms with E-state index in [-0.39, 0.29) is 16.7 Å². The maximum atomic E-state index is 11.6. The molecule has 0 aliphatic heterocycles. The van der Waals surface area contributed by atoms with Crippen molar-refractivity contribution >= 4 is 39.2 Å². The van der Waals surface area contributed by atoms with Gasteiger partial charge in [-0.1, -0.05) is 42.5 Å². The summed E-state index contributed by atoms with van der Waals surface area (Å²) in [6.45, 7) is 1.32. The minimum Gasteiger partial charge on any atom is -0.486 e. The standard InChI is InChI=1S/C21H17BrO6S/c1-12(13-6-3-2-4-7-13)28-15-9-5-8-14(10-15)19-17(22)18(27-11-16(23)24)20(29-19)21(25)26/h2-10,12H,11H2,1H3,(H,23,24)(H,25,26). The molecule has 0 aliphatic carbocycles. The third-order valence-corrected chi connectivity index (χ3v) is 6.25. The molecule has 1 heterocycles. The summed E-state index contributed by atoms with van der Waals surface area (Å²) in [4.78, 5) is 22.9. The lowest BCUT2D eigenvalue weighted by atomic mass is 10.1. The van der Waals surface area contributed by atoms with Gasteiger partial charge in [0.2, 0.25) is 0 Å². The van der Waals surface area contributed by atoms with Crippen molar-refractivity contribution in [2.75, 3.05) is 6.61 Å². The largest absolute Gasteiger partial charge is 0.486 e. The van der Waals surface area contributed by atoms with Crippen molar-refractivity contribution in [2.45, 2.75) is 13.0 Å². The Morgan fingerprint density at radius 1 is 1.10 bits per heavy atom. The molecule has 0 radical (unpaired) electrons. The summed E-state index contributed by atoms with van der Waals surface area (Å²) in [5, 5.41) is 18.3. The lowest BCUT2D eigenvalue weighted by Gasteiger charge is -2.15. The topological polar surface area (TPSA) is 93.1 Å². The normalized spacial score (nSPS) is 11.7. The second kappa shape index (κ2) is 9.11. The molecule has 2 aromatic carbocycles. The lowest BCUT2D eigenvalue weighted by Crippen LogP contribution is -2.11. The molecule has 0 saturated heterocycles. The molecule has 0 bridgehead atoms. The molecule has 29 heavy (non-hydrogen) atoms. The summed E-state index contributed by atoms with van der Waals surface area (Å²) < 4.78 is 11.6. The van der Waals surface area contributed by atoms with Gasteiger partial charge in [0.25, 0.3) is 0 Å². The molecular formula is C21H17BrO6S. The number of thiophene rings is 1. The number of ether oxygens (including phenoxy) is 2. The van der Waals surface area contributed by atoms with Crippen LogP contribution < -0.4 is 9.47 Å². The Morgan fingerprint density at radius 3 is 2.48 bits per heavy atom. The second-order valence-corrected chi connectivity index (χ2v) is 7.90. The lowest BCUT2D eigenvalue weighted by molar-refractivity contribution is -0.139. The number of carboxylic acid groups (broad SMARTS) is 2. The number of rotatable bonds is 8. The van der Waals surface area contributed by atoms with Crippen LogP contribution in [0.3, 0.4) is 0 Å². The van der Waals surface area contributed by atoms with E-state index in [2.05, 4.69) is 15.9 Å². The Bertz CT molecular complexity index is 1030. The Balaban J connectivity index is 1.91. The highest BCUT2D eigenvalue weighted by molar-refractivity contribution is 9.10. The second-order valence-electron chi connectivity index (χ2n) is 6.09. The molecule has 6 nitrogen and oxygen atoms in total. The van der Waals surface area contributed by atoms with Gasteiger partial charge in [0.05, 0.1) is 9.35 Å². The molecule has 2 N–H and O–H groups in total. The summed E-state index contributed by atoms with van der Waals surface area (Å²) >= 11 is 4.36. The molecule has 0 fully saturated rings. The monoisotopic (exact) mass is 476 g/mol. The fourth-order valence-electron chi connectivity index (χ4n) is 2.69. The van der Waals surface area contributed by atoms with Crippen LogP contribution in [0.1, 0.15) is 28.3 Å². The first-order valence-corrected chi connectivity index (χ1v) is 10.2. The SMILES string of the molecule is CC(Oc1cccc(-c2sc(C(=O)O)c(OCC(=O)O)c2Br)c1)c1ccccc1. The molecule has 150 valence electrons. The Hall–Kier alpha value is -2.84. The Labute approximate surface area is 179 Å². The Kier molecular flexibility index (Phi) is 6.56. The van der Waals surface area contributed by atoms with E-state index >= 15 is 0 Å². The zero-order valence-electron chi connectivity index (χ0n) is 15.3. The number of aliphatic carboxylic acids is 1. The van der Waals surface area contributed by atoms with Gasteiger partial charge in [-0.3, -0.25) is 0 Å². The molecule has 1 aromatic heterocycles. The van der Waals surface area contributed by atoms with Crippen molar-refractivity contribution in [2.24, 2.45) is 0 Å². The fourth-order valence-corrected chi connectivity index (χ4v) is 4.58. The summed E-state index contributed by atoms with van der Waals surface area (Å²) in [5.41, 5.74) is 1.76. The third kappa shape index (κ3) is 4.96. The zero-order chi connectivity index (χ0) is 21.0. The van der Waals surface area contributed by atoms with Crippen LogP contribution in [-0.4, -0.2) is 28.8 Å². The summed E-state index contributed by atoms with van der Waals surface area (Å²) in [5.74, 6) is -1.74. The fraction of sp³-hybridized carbons (Fsp3) is 0.143. The highest BCUT2D eigenvalue weighted by Gasteiger charge is 2.24. The van der Waals surface area contributed by atoms with E-state index < -0.39 is 18.5 Å². The van der Waals surface area contributed by atoms with Gasteiger partial charge < -0.3 is 19.7 Å². The highest BCUT2D eigenvalue weighted by Crippen LogP contribution is 2.46. The third-order valence-electron chi connectivity index (χ3n) is 4.02. The number of carbonyl (C=O) groups is 2. The molecule has 1 atom stereocenters. The summed E-state index contributed by atoms with van der Waals surface area (Å²) in [6.07, 6.45) is -0.165. The van der Waals surface area contributed by atoms with E-state index in [4.69, 9.17) is 14.6 Å². The van der Waals surface area contributed by atoms with Crippen LogP contribution >= 0.6 is 27.3 Å². The van der Waals surface area contributed by atoms with E-state index in [1.807, 2.05) is 61.5 Å². The summed E-state index contributed by atoms with van der Waals surface area (Å²) in [6, 6.07) is 17.1. The van der Waals surface area contributed by atoms with Crippen molar-refractivity contribution in [3.05, 3.63) is 69.5 Å². The minimum atomic E-state index is -1.19. The van der Waals surface area contributed by atoms with E-state index in [1.165, 1.54) is 0 Å². The molecule has 0 saturated carbocycles. The smallest absolute Gasteiger partial charge is 0.349 e. The molecule has 0 spiro atoms. The van der Waals surface area contributed by atoms with E-state index in [0.29, 0.717) is 15.1 Å². The van der Waals surface area contributed by atoms with Crippen LogP contribution in [0.25, 0.3) is 10.4 Å². The van der Waals surface area contributed by atoms with Gasteiger partial charge in [0.1, 0.15) is 11.9 Å². The van der Waals surface area contributed by atoms with Crippen LogP contribution in [0.2, 0.25) is 0 Å². The average molecular weight is 477 g/mol. The van der Waals surface area contributed by atoms with E-state index in [0.717, 1.165) is 22.5 Å². The van der Waals surface area contributed by atoms with Crippen LogP contribution in [0.4, 0.5) is 0 Å². The van der Waals surface area contributed by atoms with Crippen LogP contribution in [0.5, 0.6) is 11.5 Å². The molecule has 8 heteroatoms. The van der Waals surface area contributed by atoms with Crippen molar-refractivity contribution in [1.82, 2.24) is 0 Å². The van der Waals surface area contributed by atoms with Crippen molar-refractivity contribution in [3.63, 3.8) is 0 Å². The maximum absolute atomic E-state index is 11.6. The first-order chi connectivity index (χ1) is 13.9. The molecule has 3 aromatic rings. The van der Waals surface area contributed by atoms with Gasteiger partial charge in [-0.15, -0.1) is 11.3 Å². The predicted molar refractivity (Wildman–Crippen MR) is 113 cm³/mol. The van der Waals surface area contributed by atoms with Crippen molar-refractivity contribution < 1.29 is 29.3 Å². The number of benzene rings is 2. The average Bonchev–Trinajstić information content (AvgIpc) is 3.04. The van der Waals surface area contributed by atoms with Gasteiger partial charge in [0, 0.05) is 0 Å². The molecule has 3 rings (SSSR count). The first-order valence-electron chi connectivity index (χ1n) is 8.59. The first kappa shape index (κ1) is 20.9. The van der Waals surface area contributed by atoms with Crippen LogP contribution in [0, 0.1) is 0 Å².